The van der Waals surface area contributed by atoms with Gasteiger partial charge in [0.05, 0.1) is 11.7 Å². The zero-order chi connectivity index (χ0) is 19.7. The average Bonchev–Trinajstić information content (AvgIpc) is 2.64. The zero-order valence-corrected chi connectivity index (χ0v) is 14.1. The summed E-state index contributed by atoms with van der Waals surface area (Å²) in [6.07, 6.45) is -0.0579. The van der Waals surface area contributed by atoms with E-state index in [1.165, 1.54) is 0 Å². The van der Waals surface area contributed by atoms with Gasteiger partial charge >= 0.3 is 29.6 Å². The SMILES string of the molecule is Cc1c(F)cc(NC(=O)C2=C(O)CC(c3ccccc3)NC2=O)c(F)c1F.[NaH]. The molecule has 0 radical (unpaired) electrons. The first-order valence-corrected chi connectivity index (χ1v) is 8.03. The van der Waals surface area contributed by atoms with Crippen molar-refractivity contribution in [1.29, 1.82) is 0 Å². The fourth-order valence-corrected chi connectivity index (χ4v) is 2.79. The Bertz CT molecular complexity index is 965. The first-order chi connectivity index (χ1) is 12.8. The number of halogens is 3. The second kappa shape index (κ2) is 8.81. The van der Waals surface area contributed by atoms with Gasteiger partial charge in [0.25, 0.3) is 11.8 Å². The maximum atomic E-state index is 13.9. The normalized spacial score (nSPS) is 16.3. The van der Waals surface area contributed by atoms with Crippen molar-refractivity contribution in [2.24, 2.45) is 0 Å². The molecule has 3 N–H and O–H groups in total. The average molecular weight is 400 g/mol. The van der Waals surface area contributed by atoms with Crippen molar-refractivity contribution in [3.8, 4) is 0 Å². The van der Waals surface area contributed by atoms with Gasteiger partial charge in [0.2, 0.25) is 0 Å². The summed E-state index contributed by atoms with van der Waals surface area (Å²) in [6, 6.07) is 8.86. The van der Waals surface area contributed by atoms with Crippen molar-refractivity contribution in [2.75, 3.05) is 5.32 Å². The van der Waals surface area contributed by atoms with Crippen LogP contribution in [-0.4, -0.2) is 46.5 Å². The van der Waals surface area contributed by atoms with Crippen molar-refractivity contribution < 1.29 is 27.9 Å². The second-order valence-corrected chi connectivity index (χ2v) is 6.08. The van der Waals surface area contributed by atoms with Crippen LogP contribution in [0.15, 0.2) is 47.7 Å². The van der Waals surface area contributed by atoms with Crippen LogP contribution in [-0.2, 0) is 9.59 Å². The molecule has 28 heavy (non-hydrogen) atoms. The fourth-order valence-electron chi connectivity index (χ4n) is 2.79. The standard InChI is InChI=1S/C19H15F3N2O3.Na.H/c1-9-11(20)7-13(17(22)16(9)21)24-19(27)15-14(25)8-12(23-18(15)26)10-5-3-2-4-6-10;;/h2-7,12,25H,8H2,1H3,(H,23,26)(H,24,27);;. The van der Waals surface area contributed by atoms with E-state index in [1.807, 2.05) is 5.32 Å². The molecule has 1 atom stereocenters. The molecule has 9 heteroatoms. The minimum atomic E-state index is -1.46. The number of carbonyl (C=O) groups excluding carboxylic acids is 2. The van der Waals surface area contributed by atoms with Crippen molar-refractivity contribution in [3.05, 3.63) is 76.3 Å². The molecule has 0 spiro atoms. The number of anilines is 1. The van der Waals surface area contributed by atoms with Crippen LogP contribution in [0.4, 0.5) is 18.9 Å². The number of aliphatic hydroxyl groups is 1. The van der Waals surface area contributed by atoms with Crippen LogP contribution in [0, 0.1) is 24.4 Å². The molecule has 3 rings (SSSR count). The van der Waals surface area contributed by atoms with Crippen LogP contribution >= 0.6 is 0 Å². The van der Waals surface area contributed by atoms with Gasteiger partial charge < -0.3 is 15.7 Å². The Morgan fingerprint density at radius 1 is 1.18 bits per heavy atom. The number of rotatable bonds is 3. The monoisotopic (exact) mass is 400 g/mol. The van der Waals surface area contributed by atoms with E-state index in [1.54, 1.807) is 30.3 Å². The third-order valence-electron chi connectivity index (χ3n) is 4.28. The number of hydrogen-bond donors (Lipinski definition) is 3. The molecule has 5 nitrogen and oxygen atoms in total. The molecular weight excluding hydrogens is 384 g/mol. The molecule has 1 aliphatic heterocycles. The Morgan fingerprint density at radius 2 is 1.82 bits per heavy atom. The van der Waals surface area contributed by atoms with E-state index < -0.39 is 57.9 Å². The molecular formula is C19H16F3N2NaO3. The zero-order valence-electron chi connectivity index (χ0n) is 14.1. The number of carbonyl (C=O) groups is 2. The number of amides is 2. The third kappa shape index (κ3) is 4.24. The quantitative estimate of drug-likeness (QED) is 0.421. The van der Waals surface area contributed by atoms with Gasteiger partial charge in [0.15, 0.2) is 11.6 Å². The summed E-state index contributed by atoms with van der Waals surface area (Å²) in [6.45, 7) is 1.05. The minimum absolute atomic E-state index is 0. The van der Waals surface area contributed by atoms with Gasteiger partial charge in [-0.3, -0.25) is 9.59 Å². The summed E-state index contributed by atoms with van der Waals surface area (Å²) in [7, 11) is 0. The molecule has 2 amide bonds. The molecule has 0 saturated heterocycles. The first kappa shape index (κ1) is 22.0. The summed E-state index contributed by atoms with van der Waals surface area (Å²) >= 11 is 0. The predicted octanol–water partition coefficient (Wildman–Crippen LogP) is 2.78. The molecule has 0 bridgehead atoms. The molecule has 0 aromatic heterocycles. The fraction of sp³-hybridized carbons (Fsp3) is 0.158. The molecule has 2 aromatic carbocycles. The summed E-state index contributed by atoms with van der Waals surface area (Å²) in [5.41, 5.74) is -1.21. The molecule has 1 aliphatic rings. The topological polar surface area (TPSA) is 78.4 Å². The molecule has 1 heterocycles. The van der Waals surface area contributed by atoms with Crippen LogP contribution in [0.2, 0.25) is 0 Å². The number of aliphatic hydroxyl groups excluding tert-OH is 1. The van der Waals surface area contributed by atoms with Crippen molar-refractivity contribution in [1.82, 2.24) is 5.32 Å². The van der Waals surface area contributed by atoms with Crippen LogP contribution in [0.25, 0.3) is 0 Å². The number of nitrogens with one attached hydrogen (secondary N) is 2. The van der Waals surface area contributed by atoms with Crippen molar-refractivity contribution >= 4 is 47.1 Å². The van der Waals surface area contributed by atoms with Gasteiger partial charge in [-0.25, -0.2) is 13.2 Å². The van der Waals surface area contributed by atoms with Gasteiger partial charge in [0.1, 0.15) is 17.1 Å². The van der Waals surface area contributed by atoms with E-state index in [-0.39, 0.29) is 36.0 Å². The van der Waals surface area contributed by atoms with Crippen LogP contribution in [0.3, 0.4) is 0 Å². The molecule has 2 aromatic rings. The van der Waals surface area contributed by atoms with Crippen LogP contribution in [0.5, 0.6) is 0 Å². The third-order valence-corrected chi connectivity index (χ3v) is 4.28. The summed E-state index contributed by atoms with van der Waals surface area (Å²) in [4.78, 5) is 24.6. The van der Waals surface area contributed by atoms with Gasteiger partial charge in [-0.2, -0.15) is 0 Å². The van der Waals surface area contributed by atoms with Gasteiger partial charge in [0, 0.05) is 18.1 Å². The van der Waals surface area contributed by atoms with E-state index in [2.05, 4.69) is 5.32 Å². The van der Waals surface area contributed by atoms with E-state index in [9.17, 15) is 27.9 Å². The van der Waals surface area contributed by atoms with Crippen LogP contribution < -0.4 is 10.6 Å². The number of benzene rings is 2. The molecule has 0 aliphatic carbocycles. The van der Waals surface area contributed by atoms with Gasteiger partial charge in [-0.1, -0.05) is 30.3 Å². The predicted molar refractivity (Wildman–Crippen MR) is 98.4 cm³/mol. The second-order valence-electron chi connectivity index (χ2n) is 6.08. The molecule has 0 saturated carbocycles. The summed E-state index contributed by atoms with van der Waals surface area (Å²) in [5.74, 6) is -6.50. The van der Waals surface area contributed by atoms with E-state index in [4.69, 9.17) is 0 Å². The summed E-state index contributed by atoms with van der Waals surface area (Å²) in [5, 5.41) is 14.7. The number of hydrogen-bond acceptors (Lipinski definition) is 3. The molecule has 1 unspecified atom stereocenters. The Morgan fingerprint density at radius 3 is 2.43 bits per heavy atom. The Kier molecular flexibility index (Phi) is 6.92. The Hall–Kier alpha value is -2.29. The Balaban J connectivity index is 0.00000280. The van der Waals surface area contributed by atoms with E-state index in [0.29, 0.717) is 6.07 Å². The van der Waals surface area contributed by atoms with Gasteiger partial charge in [-0.15, -0.1) is 0 Å². The molecule has 0 fully saturated rings. The van der Waals surface area contributed by atoms with Gasteiger partial charge in [-0.05, 0) is 12.5 Å². The van der Waals surface area contributed by atoms with Crippen molar-refractivity contribution in [3.63, 3.8) is 0 Å². The molecule has 142 valence electrons. The summed E-state index contributed by atoms with van der Waals surface area (Å²) < 4.78 is 41.1. The van der Waals surface area contributed by atoms with E-state index >= 15 is 0 Å². The maximum absolute atomic E-state index is 13.9. The first-order valence-electron chi connectivity index (χ1n) is 8.03. The Labute approximate surface area is 180 Å². The van der Waals surface area contributed by atoms with Crippen molar-refractivity contribution in [2.45, 2.75) is 19.4 Å². The van der Waals surface area contributed by atoms with E-state index in [0.717, 1.165) is 12.5 Å². The van der Waals surface area contributed by atoms with Crippen LogP contribution in [0.1, 0.15) is 23.6 Å².